The Morgan fingerprint density at radius 1 is 1.38 bits per heavy atom. The van der Waals surface area contributed by atoms with E-state index < -0.39 is 9.84 Å². The van der Waals surface area contributed by atoms with E-state index in [1.165, 1.54) is 6.07 Å². The number of hydrogen-bond acceptors (Lipinski definition) is 4. The topological polar surface area (TPSA) is 75.3 Å². The Hall–Kier alpha value is -1.40. The molecule has 1 amide bonds. The molecule has 1 fully saturated rings. The molecule has 5 nitrogen and oxygen atoms in total. The lowest BCUT2D eigenvalue weighted by molar-refractivity contribution is -0.116. The fourth-order valence-corrected chi connectivity index (χ4v) is 3.46. The number of rotatable bonds is 5. The maximum atomic E-state index is 12.0. The summed E-state index contributed by atoms with van der Waals surface area (Å²) in [6.45, 7) is 2.03. The van der Waals surface area contributed by atoms with Crippen molar-refractivity contribution >= 4 is 21.4 Å². The molecule has 0 spiro atoms. The Kier molecular flexibility index (Phi) is 5.36. The van der Waals surface area contributed by atoms with Gasteiger partial charge in [0.15, 0.2) is 9.84 Å². The third-order valence-corrected chi connectivity index (χ3v) is 4.89. The molecule has 21 heavy (non-hydrogen) atoms. The van der Waals surface area contributed by atoms with Crippen LogP contribution in [0.1, 0.15) is 25.7 Å². The molecule has 0 saturated carbocycles. The number of para-hydroxylation sites is 1. The molecule has 0 bridgehead atoms. The number of carbonyl (C=O) groups is 1. The fourth-order valence-electron chi connectivity index (χ4n) is 2.61. The highest BCUT2D eigenvalue weighted by atomic mass is 32.2. The van der Waals surface area contributed by atoms with E-state index in [1.807, 2.05) is 0 Å². The molecule has 1 aliphatic heterocycles. The van der Waals surface area contributed by atoms with Crippen LogP contribution in [0.5, 0.6) is 0 Å². The predicted octanol–water partition coefficient (Wildman–Crippen LogP) is 1.81. The van der Waals surface area contributed by atoms with Gasteiger partial charge in [-0.1, -0.05) is 12.1 Å². The van der Waals surface area contributed by atoms with Crippen LogP contribution < -0.4 is 10.6 Å². The average Bonchev–Trinajstić information content (AvgIpc) is 2.46. The molecule has 2 N–H and O–H groups in total. The van der Waals surface area contributed by atoms with Gasteiger partial charge < -0.3 is 10.6 Å². The standard InChI is InChI=1S/C15H22N2O3S/c1-21(19,20)14-7-3-2-6-13(14)17-15(18)9-8-12-5-4-10-16-11-12/h2-3,6-7,12,16H,4-5,8-11H2,1H3,(H,17,18). The molecule has 1 aromatic carbocycles. The summed E-state index contributed by atoms with van der Waals surface area (Å²) in [6.07, 6.45) is 4.71. The highest BCUT2D eigenvalue weighted by Gasteiger charge is 2.17. The third kappa shape index (κ3) is 4.82. The number of carbonyl (C=O) groups excluding carboxylic acids is 1. The molecule has 116 valence electrons. The molecule has 1 heterocycles. The number of hydrogen-bond donors (Lipinski definition) is 2. The summed E-state index contributed by atoms with van der Waals surface area (Å²) in [5, 5.41) is 6.04. The van der Waals surface area contributed by atoms with E-state index in [2.05, 4.69) is 10.6 Å². The molecule has 2 rings (SSSR count). The molecule has 0 aromatic heterocycles. The summed E-state index contributed by atoms with van der Waals surface area (Å²) in [6, 6.07) is 6.50. The van der Waals surface area contributed by atoms with E-state index >= 15 is 0 Å². The summed E-state index contributed by atoms with van der Waals surface area (Å²) in [5.74, 6) is 0.409. The maximum absolute atomic E-state index is 12.0. The van der Waals surface area contributed by atoms with Gasteiger partial charge in [0.2, 0.25) is 5.91 Å². The van der Waals surface area contributed by atoms with Crippen molar-refractivity contribution in [1.29, 1.82) is 0 Å². The first-order valence-electron chi connectivity index (χ1n) is 7.26. The van der Waals surface area contributed by atoms with Crippen molar-refractivity contribution in [2.24, 2.45) is 5.92 Å². The second-order valence-electron chi connectivity index (χ2n) is 5.57. The minimum Gasteiger partial charge on any atom is -0.325 e. The van der Waals surface area contributed by atoms with E-state index in [4.69, 9.17) is 0 Å². The quantitative estimate of drug-likeness (QED) is 0.870. The van der Waals surface area contributed by atoms with Crippen LogP contribution in [0, 0.1) is 5.92 Å². The SMILES string of the molecule is CS(=O)(=O)c1ccccc1NC(=O)CCC1CCCNC1. The number of sulfone groups is 1. The molecule has 1 atom stereocenters. The first kappa shape index (κ1) is 16.0. The average molecular weight is 310 g/mol. The third-order valence-electron chi connectivity index (χ3n) is 3.74. The monoisotopic (exact) mass is 310 g/mol. The van der Waals surface area contributed by atoms with Gasteiger partial charge in [-0.05, 0) is 50.4 Å². The highest BCUT2D eigenvalue weighted by molar-refractivity contribution is 7.90. The second-order valence-corrected chi connectivity index (χ2v) is 7.55. The first-order valence-corrected chi connectivity index (χ1v) is 9.15. The Morgan fingerprint density at radius 2 is 2.14 bits per heavy atom. The molecular weight excluding hydrogens is 288 g/mol. The molecule has 1 aromatic rings. The summed E-state index contributed by atoms with van der Waals surface area (Å²) >= 11 is 0. The van der Waals surface area contributed by atoms with Gasteiger partial charge in [0, 0.05) is 12.7 Å². The lowest BCUT2D eigenvalue weighted by Crippen LogP contribution is -2.30. The van der Waals surface area contributed by atoms with Crippen molar-refractivity contribution in [3.8, 4) is 0 Å². The summed E-state index contributed by atoms with van der Waals surface area (Å²) in [4.78, 5) is 12.2. The van der Waals surface area contributed by atoms with Crippen molar-refractivity contribution in [3.05, 3.63) is 24.3 Å². The number of amides is 1. The summed E-state index contributed by atoms with van der Waals surface area (Å²) in [5.41, 5.74) is 0.367. The number of anilines is 1. The van der Waals surface area contributed by atoms with Crippen LogP contribution in [-0.2, 0) is 14.6 Å². The van der Waals surface area contributed by atoms with Crippen LogP contribution in [0.3, 0.4) is 0 Å². The van der Waals surface area contributed by atoms with Crippen LogP contribution in [0.4, 0.5) is 5.69 Å². The van der Waals surface area contributed by atoms with Crippen molar-refractivity contribution in [3.63, 3.8) is 0 Å². The molecule has 1 unspecified atom stereocenters. The van der Waals surface area contributed by atoms with Crippen LogP contribution >= 0.6 is 0 Å². The van der Waals surface area contributed by atoms with E-state index in [0.717, 1.165) is 38.6 Å². The van der Waals surface area contributed by atoms with E-state index in [0.29, 0.717) is 18.0 Å². The smallest absolute Gasteiger partial charge is 0.224 e. The van der Waals surface area contributed by atoms with E-state index in [9.17, 15) is 13.2 Å². The number of piperidine rings is 1. The zero-order valence-corrected chi connectivity index (χ0v) is 13.1. The molecule has 1 saturated heterocycles. The number of nitrogens with one attached hydrogen (secondary N) is 2. The highest BCUT2D eigenvalue weighted by Crippen LogP contribution is 2.21. The van der Waals surface area contributed by atoms with Crippen LogP contribution in [0.25, 0.3) is 0 Å². The van der Waals surface area contributed by atoms with Crippen LogP contribution in [0.15, 0.2) is 29.2 Å². The van der Waals surface area contributed by atoms with Gasteiger partial charge in [-0.25, -0.2) is 8.42 Å². The first-order chi connectivity index (χ1) is 9.97. The van der Waals surface area contributed by atoms with Gasteiger partial charge in [0.1, 0.15) is 0 Å². The van der Waals surface area contributed by atoms with Gasteiger partial charge in [-0.3, -0.25) is 4.79 Å². The molecule has 0 radical (unpaired) electrons. The number of benzene rings is 1. The van der Waals surface area contributed by atoms with Crippen LogP contribution in [-0.4, -0.2) is 33.7 Å². The van der Waals surface area contributed by atoms with Gasteiger partial charge in [-0.15, -0.1) is 0 Å². The van der Waals surface area contributed by atoms with Crippen LogP contribution in [0.2, 0.25) is 0 Å². The Labute approximate surface area is 126 Å². The van der Waals surface area contributed by atoms with Crippen molar-refractivity contribution < 1.29 is 13.2 Å². The van der Waals surface area contributed by atoms with Gasteiger partial charge in [-0.2, -0.15) is 0 Å². The predicted molar refractivity (Wildman–Crippen MR) is 83.0 cm³/mol. The Morgan fingerprint density at radius 3 is 2.81 bits per heavy atom. The minimum atomic E-state index is -3.34. The van der Waals surface area contributed by atoms with E-state index in [-0.39, 0.29) is 10.8 Å². The van der Waals surface area contributed by atoms with Crippen molar-refractivity contribution in [2.75, 3.05) is 24.7 Å². The lowest BCUT2D eigenvalue weighted by atomic mass is 9.94. The Balaban J connectivity index is 1.93. The molecular formula is C15H22N2O3S. The van der Waals surface area contributed by atoms with Crippen molar-refractivity contribution in [1.82, 2.24) is 5.32 Å². The van der Waals surface area contributed by atoms with Crippen molar-refractivity contribution in [2.45, 2.75) is 30.6 Å². The largest absolute Gasteiger partial charge is 0.325 e. The van der Waals surface area contributed by atoms with Gasteiger partial charge in [0.25, 0.3) is 0 Å². The van der Waals surface area contributed by atoms with E-state index in [1.54, 1.807) is 18.2 Å². The Bertz CT molecular complexity index is 593. The second kappa shape index (κ2) is 7.04. The summed E-state index contributed by atoms with van der Waals surface area (Å²) in [7, 11) is -3.34. The molecule has 6 heteroatoms. The summed E-state index contributed by atoms with van der Waals surface area (Å²) < 4.78 is 23.4. The maximum Gasteiger partial charge on any atom is 0.224 e. The zero-order chi connectivity index (χ0) is 15.3. The zero-order valence-electron chi connectivity index (χ0n) is 12.3. The normalized spacial score (nSPS) is 19.2. The van der Waals surface area contributed by atoms with Gasteiger partial charge >= 0.3 is 0 Å². The minimum absolute atomic E-state index is 0.128. The molecule has 1 aliphatic rings. The lowest BCUT2D eigenvalue weighted by Gasteiger charge is -2.22. The molecule has 0 aliphatic carbocycles. The fraction of sp³-hybridized carbons (Fsp3) is 0.533. The van der Waals surface area contributed by atoms with Gasteiger partial charge in [0.05, 0.1) is 10.6 Å².